The van der Waals surface area contributed by atoms with E-state index in [1.165, 1.54) is 4.68 Å². The van der Waals surface area contributed by atoms with Crippen molar-refractivity contribution >= 4 is 0 Å². The lowest BCUT2D eigenvalue weighted by molar-refractivity contribution is 0.637. The van der Waals surface area contributed by atoms with E-state index in [0.29, 0.717) is 19.5 Å². The molecule has 0 saturated heterocycles. The minimum atomic E-state index is -0.100. The van der Waals surface area contributed by atoms with E-state index in [9.17, 15) is 4.79 Å². The smallest absolute Gasteiger partial charge is 0.267 e. The molecule has 0 amide bonds. The number of hydrogen-bond acceptors (Lipinski definition) is 3. The standard InChI is InChI=1S/C19H19N3O/c20-12-11-17-13-18(23)22(14-15-7-3-1-4-8-15)21-19(17)16-9-5-2-6-10-16/h1-10,13H,11-12,14,20H2. The Kier molecular flexibility index (Phi) is 4.64. The van der Waals surface area contributed by atoms with Gasteiger partial charge in [-0.1, -0.05) is 60.7 Å². The van der Waals surface area contributed by atoms with Crippen molar-refractivity contribution in [1.29, 1.82) is 0 Å². The van der Waals surface area contributed by atoms with Crippen molar-refractivity contribution in [2.24, 2.45) is 5.73 Å². The third-order valence-corrected chi connectivity index (χ3v) is 3.71. The van der Waals surface area contributed by atoms with Crippen molar-refractivity contribution in [2.75, 3.05) is 6.54 Å². The van der Waals surface area contributed by atoms with Gasteiger partial charge in [0.05, 0.1) is 12.2 Å². The number of nitrogens with two attached hydrogens (primary N) is 1. The fourth-order valence-corrected chi connectivity index (χ4v) is 2.58. The van der Waals surface area contributed by atoms with Crippen LogP contribution in [0.5, 0.6) is 0 Å². The molecule has 1 aromatic heterocycles. The van der Waals surface area contributed by atoms with E-state index in [0.717, 1.165) is 22.4 Å². The zero-order chi connectivity index (χ0) is 16.1. The van der Waals surface area contributed by atoms with Crippen LogP contribution >= 0.6 is 0 Å². The molecule has 2 N–H and O–H groups in total. The average molecular weight is 305 g/mol. The summed E-state index contributed by atoms with van der Waals surface area (Å²) in [5.74, 6) is 0. The average Bonchev–Trinajstić information content (AvgIpc) is 2.59. The SMILES string of the molecule is NCCc1cc(=O)n(Cc2ccccc2)nc1-c1ccccc1. The van der Waals surface area contributed by atoms with Gasteiger partial charge in [-0.15, -0.1) is 0 Å². The van der Waals surface area contributed by atoms with Crippen molar-refractivity contribution < 1.29 is 0 Å². The third kappa shape index (κ3) is 3.55. The lowest BCUT2D eigenvalue weighted by atomic mass is 10.0. The molecule has 0 bridgehead atoms. The Morgan fingerprint density at radius 3 is 2.26 bits per heavy atom. The fourth-order valence-electron chi connectivity index (χ4n) is 2.58. The van der Waals surface area contributed by atoms with E-state index < -0.39 is 0 Å². The van der Waals surface area contributed by atoms with Gasteiger partial charge in [-0.3, -0.25) is 4.79 Å². The number of aromatic nitrogens is 2. The number of nitrogens with zero attached hydrogens (tertiary/aromatic N) is 2. The van der Waals surface area contributed by atoms with E-state index in [-0.39, 0.29) is 5.56 Å². The van der Waals surface area contributed by atoms with Crippen molar-refractivity contribution in [3.05, 3.63) is 88.2 Å². The van der Waals surface area contributed by atoms with E-state index >= 15 is 0 Å². The predicted octanol–water partition coefficient (Wildman–Crippen LogP) is 2.46. The Morgan fingerprint density at radius 2 is 1.61 bits per heavy atom. The highest BCUT2D eigenvalue weighted by Gasteiger charge is 2.10. The van der Waals surface area contributed by atoms with Gasteiger partial charge in [0.15, 0.2) is 0 Å². The first-order valence-electron chi connectivity index (χ1n) is 7.68. The summed E-state index contributed by atoms with van der Waals surface area (Å²) in [5.41, 5.74) is 9.35. The van der Waals surface area contributed by atoms with E-state index in [1.54, 1.807) is 6.07 Å². The van der Waals surface area contributed by atoms with Crippen molar-refractivity contribution in [3.63, 3.8) is 0 Å². The van der Waals surface area contributed by atoms with Crippen LogP contribution in [0.3, 0.4) is 0 Å². The topological polar surface area (TPSA) is 60.9 Å². The van der Waals surface area contributed by atoms with Crippen LogP contribution in [0, 0.1) is 0 Å². The Morgan fingerprint density at radius 1 is 0.957 bits per heavy atom. The van der Waals surface area contributed by atoms with E-state index in [1.807, 2.05) is 60.7 Å². The Balaban J connectivity index is 2.06. The summed E-state index contributed by atoms with van der Waals surface area (Å²) in [6, 6.07) is 21.4. The second-order valence-corrected chi connectivity index (χ2v) is 5.40. The Labute approximate surface area is 135 Å². The van der Waals surface area contributed by atoms with Crippen LogP contribution in [-0.2, 0) is 13.0 Å². The molecule has 0 fully saturated rings. The number of rotatable bonds is 5. The highest BCUT2D eigenvalue weighted by atomic mass is 16.1. The molecule has 4 heteroatoms. The summed E-state index contributed by atoms with van der Waals surface area (Å²) in [7, 11) is 0. The molecule has 3 rings (SSSR count). The van der Waals surface area contributed by atoms with Crippen molar-refractivity contribution in [2.45, 2.75) is 13.0 Å². The molecule has 116 valence electrons. The van der Waals surface area contributed by atoms with Gasteiger partial charge >= 0.3 is 0 Å². The Bertz CT molecular complexity index is 826. The van der Waals surface area contributed by atoms with Gasteiger partial charge in [0.25, 0.3) is 5.56 Å². The molecule has 0 radical (unpaired) electrons. The van der Waals surface area contributed by atoms with E-state index in [2.05, 4.69) is 5.10 Å². The number of benzene rings is 2. The first-order valence-corrected chi connectivity index (χ1v) is 7.68. The second kappa shape index (κ2) is 7.03. The number of hydrogen-bond donors (Lipinski definition) is 1. The lowest BCUT2D eigenvalue weighted by Crippen LogP contribution is -2.25. The molecule has 0 spiro atoms. The first kappa shape index (κ1) is 15.2. The van der Waals surface area contributed by atoms with Crippen LogP contribution in [0.1, 0.15) is 11.1 Å². The van der Waals surface area contributed by atoms with Crippen LogP contribution in [0.25, 0.3) is 11.3 Å². The molecule has 23 heavy (non-hydrogen) atoms. The quantitative estimate of drug-likeness (QED) is 0.787. The van der Waals surface area contributed by atoms with Gasteiger partial charge < -0.3 is 5.73 Å². The molecule has 4 nitrogen and oxygen atoms in total. The molecular formula is C19H19N3O. The van der Waals surface area contributed by atoms with Gasteiger partial charge in [0, 0.05) is 11.6 Å². The van der Waals surface area contributed by atoms with Gasteiger partial charge in [-0.25, -0.2) is 4.68 Å². The largest absolute Gasteiger partial charge is 0.330 e. The first-order chi connectivity index (χ1) is 11.3. The van der Waals surface area contributed by atoms with Gasteiger partial charge in [-0.05, 0) is 24.1 Å². The van der Waals surface area contributed by atoms with Gasteiger partial charge in [-0.2, -0.15) is 5.10 Å². The van der Waals surface area contributed by atoms with Crippen LogP contribution in [-0.4, -0.2) is 16.3 Å². The van der Waals surface area contributed by atoms with E-state index in [4.69, 9.17) is 5.73 Å². The maximum atomic E-state index is 12.4. The summed E-state index contributed by atoms with van der Waals surface area (Å²) in [6.45, 7) is 0.950. The zero-order valence-electron chi connectivity index (χ0n) is 12.9. The van der Waals surface area contributed by atoms with Crippen LogP contribution in [0.2, 0.25) is 0 Å². The maximum absolute atomic E-state index is 12.4. The summed E-state index contributed by atoms with van der Waals surface area (Å²) < 4.78 is 1.51. The normalized spacial score (nSPS) is 10.7. The van der Waals surface area contributed by atoms with Crippen LogP contribution < -0.4 is 11.3 Å². The van der Waals surface area contributed by atoms with Gasteiger partial charge in [0.1, 0.15) is 0 Å². The molecule has 3 aromatic rings. The summed E-state index contributed by atoms with van der Waals surface area (Å²) >= 11 is 0. The molecule has 0 saturated carbocycles. The predicted molar refractivity (Wildman–Crippen MR) is 92.2 cm³/mol. The maximum Gasteiger partial charge on any atom is 0.267 e. The second-order valence-electron chi connectivity index (χ2n) is 5.40. The summed E-state index contributed by atoms with van der Waals surface area (Å²) in [4.78, 5) is 12.4. The third-order valence-electron chi connectivity index (χ3n) is 3.71. The molecule has 0 atom stereocenters. The van der Waals surface area contributed by atoms with Crippen molar-refractivity contribution in [1.82, 2.24) is 9.78 Å². The molecule has 2 aromatic carbocycles. The molecule has 0 aliphatic rings. The molecule has 0 aliphatic heterocycles. The highest BCUT2D eigenvalue weighted by Crippen LogP contribution is 2.20. The highest BCUT2D eigenvalue weighted by molar-refractivity contribution is 5.62. The minimum Gasteiger partial charge on any atom is -0.330 e. The molecular weight excluding hydrogens is 286 g/mol. The molecule has 0 aliphatic carbocycles. The molecule has 1 heterocycles. The van der Waals surface area contributed by atoms with Gasteiger partial charge in [0.2, 0.25) is 0 Å². The zero-order valence-corrected chi connectivity index (χ0v) is 12.9. The van der Waals surface area contributed by atoms with Crippen LogP contribution in [0.15, 0.2) is 71.5 Å². The fraction of sp³-hybridized carbons (Fsp3) is 0.158. The monoisotopic (exact) mass is 305 g/mol. The lowest BCUT2D eigenvalue weighted by Gasteiger charge is -2.12. The summed E-state index contributed by atoms with van der Waals surface area (Å²) in [5, 5.41) is 4.60. The summed E-state index contributed by atoms with van der Waals surface area (Å²) in [6.07, 6.45) is 0.638. The van der Waals surface area contributed by atoms with Crippen molar-refractivity contribution in [3.8, 4) is 11.3 Å². The Hall–Kier alpha value is -2.72. The van der Waals surface area contributed by atoms with Crippen LogP contribution in [0.4, 0.5) is 0 Å². The minimum absolute atomic E-state index is 0.100. The molecule has 0 unspecified atom stereocenters.